The van der Waals surface area contributed by atoms with E-state index in [1.54, 1.807) is 6.07 Å². The molecular formula is C24H24O3. The molecule has 0 aliphatic rings. The summed E-state index contributed by atoms with van der Waals surface area (Å²) in [7, 11) is 0. The predicted octanol–water partition coefficient (Wildman–Crippen LogP) is 5.50. The number of carbonyl (C=O) groups is 1. The monoisotopic (exact) mass is 360 g/mol. The fourth-order valence-electron chi connectivity index (χ4n) is 3.60. The van der Waals surface area contributed by atoms with E-state index in [1.807, 2.05) is 18.2 Å². The Labute approximate surface area is 159 Å². The van der Waals surface area contributed by atoms with Gasteiger partial charge in [0.25, 0.3) is 0 Å². The second-order valence-corrected chi connectivity index (χ2v) is 7.09. The van der Waals surface area contributed by atoms with E-state index in [0.29, 0.717) is 0 Å². The highest BCUT2D eigenvalue weighted by Gasteiger charge is 2.23. The van der Waals surface area contributed by atoms with E-state index >= 15 is 0 Å². The zero-order chi connectivity index (χ0) is 19.7. The van der Waals surface area contributed by atoms with Crippen molar-refractivity contribution in [3.05, 3.63) is 99.1 Å². The molecule has 138 valence electrons. The first-order valence-corrected chi connectivity index (χ1v) is 8.99. The third-order valence-corrected chi connectivity index (χ3v) is 5.50. The number of aromatic hydroxyl groups is 1. The first-order chi connectivity index (χ1) is 12.8. The van der Waals surface area contributed by atoms with E-state index in [0.717, 1.165) is 16.7 Å². The number of carboxylic acid groups (broad SMARTS) is 1. The van der Waals surface area contributed by atoms with Crippen LogP contribution in [0.15, 0.2) is 54.6 Å². The standard InChI is InChI=1S/C24H24O3/c1-14-7-5-9-19(16(14)3)23(20-10-6-8-15(2)17(20)4)18-11-12-22(25)21(13-18)24(26)27/h5-13,23,25H,1-4H3,(H,26,27). The van der Waals surface area contributed by atoms with Crippen LogP contribution >= 0.6 is 0 Å². The van der Waals surface area contributed by atoms with Crippen molar-refractivity contribution in [1.29, 1.82) is 0 Å². The van der Waals surface area contributed by atoms with Crippen molar-refractivity contribution in [2.24, 2.45) is 0 Å². The van der Waals surface area contributed by atoms with Crippen molar-refractivity contribution in [2.75, 3.05) is 0 Å². The van der Waals surface area contributed by atoms with Gasteiger partial charge in [-0.05, 0) is 78.8 Å². The Morgan fingerprint density at radius 3 is 1.81 bits per heavy atom. The number of aryl methyl sites for hydroxylation is 2. The van der Waals surface area contributed by atoms with Crippen LogP contribution in [-0.2, 0) is 0 Å². The molecule has 27 heavy (non-hydrogen) atoms. The average Bonchev–Trinajstić information content (AvgIpc) is 2.63. The number of benzene rings is 3. The maximum atomic E-state index is 11.6. The second kappa shape index (κ2) is 7.28. The van der Waals surface area contributed by atoms with Gasteiger partial charge in [0.2, 0.25) is 0 Å². The third kappa shape index (κ3) is 3.45. The minimum Gasteiger partial charge on any atom is -0.507 e. The lowest BCUT2D eigenvalue weighted by atomic mass is 9.79. The Hall–Kier alpha value is -3.07. The smallest absolute Gasteiger partial charge is 0.339 e. The van der Waals surface area contributed by atoms with Crippen molar-refractivity contribution in [3.8, 4) is 5.75 Å². The third-order valence-electron chi connectivity index (χ3n) is 5.50. The molecule has 0 atom stereocenters. The molecule has 0 heterocycles. The Balaban J connectivity index is 2.32. The van der Waals surface area contributed by atoms with Crippen molar-refractivity contribution in [1.82, 2.24) is 0 Å². The summed E-state index contributed by atoms with van der Waals surface area (Å²) in [5.41, 5.74) is 7.83. The molecule has 0 fully saturated rings. The van der Waals surface area contributed by atoms with Gasteiger partial charge in [-0.15, -0.1) is 0 Å². The Kier molecular flexibility index (Phi) is 5.04. The molecule has 0 bridgehead atoms. The highest BCUT2D eigenvalue weighted by atomic mass is 16.4. The Morgan fingerprint density at radius 1 is 0.815 bits per heavy atom. The molecule has 3 rings (SSSR count). The molecule has 0 spiro atoms. The van der Waals surface area contributed by atoms with Crippen molar-refractivity contribution >= 4 is 5.97 Å². The highest BCUT2D eigenvalue weighted by Crippen LogP contribution is 2.38. The van der Waals surface area contributed by atoms with Gasteiger partial charge in [-0.3, -0.25) is 0 Å². The van der Waals surface area contributed by atoms with Gasteiger partial charge in [-0.1, -0.05) is 42.5 Å². The zero-order valence-corrected chi connectivity index (χ0v) is 16.1. The van der Waals surface area contributed by atoms with E-state index < -0.39 is 5.97 Å². The summed E-state index contributed by atoms with van der Waals surface area (Å²) in [6.07, 6.45) is 0. The van der Waals surface area contributed by atoms with Crippen molar-refractivity contribution < 1.29 is 15.0 Å². The van der Waals surface area contributed by atoms with Crippen LogP contribution in [0.1, 0.15) is 55.2 Å². The molecule has 0 saturated heterocycles. The normalized spacial score (nSPS) is 11.0. The number of rotatable bonds is 4. The SMILES string of the molecule is Cc1cccc(C(c2ccc(O)c(C(=O)O)c2)c2cccc(C)c2C)c1C. The van der Waals surface area contributed by atoms with Crippen LogP contribution in [-0.4, -0.2) is 16.2 Å². The zero-order valence-electron chi connectivity index (χ0n) is 16.1. The summed E-state index contributed by atoms with van der Waals surface area (Å²) in [4.78, 5) is 11.6. The molecule has 3 heteroatoms. The van der Waals surface area contributed by atoms with Gasteiger partial charge in [0.05, 0.1) is 0 Å². The molecule has 3 aromatic rings. The molecule has 0 aromatic heterocycles. The van der Waals surface area contributed by atoms with Gasteiger partial charge in [0, 0.05) is 5.92 Å². The first-order valence-electron chi connectivity index (χ1n) is 8.99. The lowest BCUT2D eigenvalue weighted by Crippen LogP contribution is -2.10. The fourth-order valence-corrected chi connectivity index (χ4v) is 3.60. The van der Waals surface area contributed by atoms with Crippen LogP contribution < -0.4 is 0 Å². The lowest BCUT2D eigenvalue weighted by Gasteiger charge is -2.24. The van der Waals surface area contributed by atoms with Gasteiger partial charge in [0.1, 0.15) is 11.3 Å². The summed E-state index contributed by atoms with van der Waals surface area (Å²) >= 11 is 0. The van der Waals surface area contributed by atoms with Crippen LogP contribution in [0.2, 0.25) is 0 Å². The number of hydrogen-bond acceptors (Lipinski definition) is 2. The fraction of sp³-hybridized carbons (Fsp3) is 0.208. The van der Waals surface area contributed by atoms with Crippen LogP contribution in [0, 0.1) is 27.7 Å². The number of phenols is 1. The molecule has 3 aromatic carbocycles. The molecule has 3 nitrogen and oxygen atoms in total. The summed E-state index contributed by atoms with van der Waals surface area (Å²) in [6, 6.07) is 17.3. The summed E-state index contributed by atoms with van der Waals surface area (Å²) < 4.78 is 0. The van der Waals surface area contributed by atoms with E-state index in [2.05, 4.69) is 52.0 Å². The van der Waals surface area contributed by atoms with E-state index in [4.69, 9.17) is 0 Å². The molecular weight excluding hydrogens is 336 g/mol. The molecule has 0 aliphatic carbocycles. The minimum absolute atomic E-state index is 0.0758. The minimum atomic E-state index is -1.13. The van der Waals surface area contributed by atoms with Gasteiger partial charge >= 0.3 is 5.97 Å². The van der Waals surface area contributed by atoms with Crippen LogP contribution in [0.5, 0.6) is 5.75 Å². The Morgan fingerprint density at radius 2 is 1.33 bits per heavy atom. The van der Waals surface area contributed by atoms with E-state index in [1.165, 1.54) is 28.3 Å². The molecule has 0 amide bonds. The summed E-state index contributed by atoms with van der Waals surface area (Å²) in [5, 5.41) is 19.4. The topological polar surface area (TPSA) is 57.5 Å². The number of aromatic carboxylic acids is 1. The second-order valence-electron chi connectivity index (χ2n) is 7.09. The first kappa shape index (κ1) is 18.7. The number of carboxylic acids is 1. The van der Waals surface area contributed by atoms with E-state index in [-0.39, 0.29) is 17.2 Å². The van der Waals surface area contributed by atoms with Crippen LogP contribution in [0.4, 0.5) is 0 Å². The van der Waals surface area contributed by atoms with Gasteiger partial charge < -0.3 is 10.2 Å². The van der Waals surface area contributed by atoms with Crippen molar-refractivity contribution in [2.45, 2.75) is 33.6 Å². The molecule has 0 radical (unpaired) electrons. The van der Waals surface area contributed by atoms with Crippen LogP contribution in [0.3, 0.4) is 0 Å². The van der Waals surface area contributed by atoms with Crippen molar-refractivity contribution in [3.63, 3.8) is 0 Å². The summed E-state index contributed by atoms with van der Waals surface area (Å²) in [5.74, 6) is -1.45. The molecule has 0 aliphatic heterocycles. The summed E-state index contributed by atoms with van der Waals surface area (Å²) in [6.45, 7) is 8.36. The lowest BCUT2D eigenvalue weighted by molar-refractivity contribution is 0.0693. The largest absolute Gasteiger partial charge is 0.507 e. The maximum absolute atomic E-state index is 11.6. The maximum Gasteiger partial charge on any atom is 0.339 e. The molecule has 2 N–H and O–H groups in total. The predicted molar refractivity (Wildman–Crippen MR) is 108 cm³/mol. The van der Waals surface area contributed by atoms with Gasteiger partial charge in [-0.25, -0.2) is 4.79 Å². The number of hydrogen-bond donors (Lipinski definition) is 2. The average molecular weight is 360 g/mol. The quantitative estimate of drug-likeness (QED) is 0.604. The van der Waals surface area contributed by atoms with Gasteiger partial charge in [-0.2, -0.15) is 0 Å². The van der Waals surface area contributed by atoms with Crippen LogP contribution in [0.25, 0.3) is 0 Å². The molecule has 0 saturated carbocycles. The highest BCUT2D eigenvalue weighted by molar-refractivity contribution is 5.91. The Bertz CT molecular complexity index is 967. The van der Waals surface area contributed by atoms with Gasteiger partial charge in [0.15, 0.2) is 0 Å². The molecule has 0 unspecified atom stereocenters. The van der Waals surface area contributed by atoms with E-state index in [9.17, 15) is 15.0 Å².